The largest absolute Gasteiger partial charge is 0.105 e. The van der Waals surface area contributed by atoms with E-state index >= 15 is 0 Å². The van der Waals surface area contributed by atoms with Crippen LogP contribution in [0.2, 0.25) is 0 Å². The second kappa shape index (κ2) is 5.84. The van der Waals surface area contributed by atoms with Gasteiger partial charge < -0.3 is 0 Å². The van der Waals surface area contributed by atoms with Crippen LogP contribution >= 0.6 is 9.24 Å². The highest BCUT2D eigenvalue weighted by molar-refractivity contribution is 7.28. The maximum absolute atomic E-state index is 2.85. The summed E-state index contributed by atoms with van der Waals surface area (Å²) >= 11 is 0. The first-order chi connectivity index (χ1) is 10.1. The Labute approximate surface area is 129 Å². The van der Waals surface area contributed by atoms with Crippen LogP contribution in [-0.4, -0.2) is 0 Å². The van der Waals surface area contributed by atoms with E-state index in [9.17, 15) is 0 Å². The van der Waals surface area contributed by atoms with Gasteiger partial charge in [-0.1, -0.05) is 71.8 Å². The van der Waals surface area contributed by atoms with Crippen molar-refractivity contribution in [3.05, 3.63) is 77.9 Å². The number of rotatable bonds is 2. The van der Waals surface area contributed by atoms with Crippen molar-refractivity contribution in [2.75, 3.05) is 0 Å². The van der Waals surface area contributed by atoms with Crippen molar-refractivity contribution in [2.45, 2.75) is 13.8 Å². The van der Waals surface area contributed by atoms with Gasteiger partial charge in [-0.05, 0) is 47.5 Å². The minimum Gasteiger partial charge on any atom is -0.105 e. The SMILES string of the molecule is Cc1cccc(-c2ccc(P)c(-c3cccc(C)c3)c2)c1. The summed E-state index contributed by atoms with van der Waals surface area (Å²) in [6, 6.07) is 24.0. The van der Waals surface area contributed by atoms with Crippen LogP contribution < -0.4 is 5.30 Å². The van der Waals surface area contributed by atoms with Gasteiger partial charge in [-0.3, -0.25) is 0 Å². The number of hydrogen-bond acceptors (Lipinski definition) is 0. The summed E-state index contributed by atoms with van der Waals surface area (Å²) in [6.45, 7) is 4.27. The molecule has 1 heteroatoms. The van der Waals surface area contributed by atoms with Crippen molar-refractivity contribution in [3.8, 4) is 22.3 Å². The van der Waals surface area contributed by atoms with E-state index in [1.54, 1.807) is 0 Å². The third-order valence-electron chi connectivity index (χ3n) is 3.73. The molecule has 0 aliphatic rings. The fourth-order valence-corrected chi connectivity index (χ4v) is 2.97. The second-order valence-electron chi connectivity index (χ2n) is 5.54. The predicted molar refractivity (Wildman–Crippen MR) is 96.1 cm³/mol. The Kier molecular flexibility index (Phi) is 3.90. The molecule has 0 amide bonds. The van der Waals surface area contributed by atoms with E-state index in [-0.39, 0.29) is 0 Å². The fraction of sp³-hybridized carbons (Fsp3) is 0.100. The van der Waals surface area contributed by atoms with Crippen molar-refractivity contribution >= 4 is 14.5 Å². The van der Waals surface area contributed by atoms with E-state index < -0.39 is 0 Å². The molecule has 0 heterocycles. The molecular weight excluding hydrogens is 271 g/mol. The highest BCUT2D eigenvalue weighted by Gasteiger charge is 2.05. The van der Waals surface area contributed by atoms with Crippen LogP contribution in [0.25, 0.3) is 22.3 Å². The Morgan fingerprint density at radius 1 is 0.619 bits per heavy atom. The van der Waals surface area contributed by atoms with Gasteiger partial charge in [0.1, 0.15) is 0 Å². The maximum atomic E-state index is 2.85. The van der Waals surface area contributed by atoms with Gasteiger partial charge in [0.15, 0.2) is 0 Å². The van der Waals surface area contributed by atoms with E-state index in [0.29, 0.717) is 0 Å². The number of benzene rings is 3. The molecule has 0 aromatic heterocycles. The normalized spacial score (nSPS) is 10.6. The van der Waals surface area contributed by atoms with Crippen LogP contribution in [0.15, 0.2) is 66.7 Å². The number of aryl methyl sites for hydroxylation is 2. The van der Waals surface area contributed by atoms with Gasteiger partial charge in [-0.15, -0.1) is 9.24 Å². The second-order valence-corrected chi connectivity index (χ2v) is 6.16. The fourth-order valence-electron chi connectivity index (χ4n) is 2.62. The first-order valence-corrected chi connectivity index (χ1v) is 7.75. The zero-order valence-corrected chi connectivity index (χ0v) is 13.6. The summed E-state index contributed by atoms with van der Waals surface area (Å²) in [5.74, 6) is 0. The van der Waals surface area contributed by atoms with Crippen molar-refractivity contribution in [2.24, 2.45) is 0 Å². The third-order valence-corrected chi connectivity index (χ3v) is 4.24. The molecular formula is C20H19P. The van der Waals surface area contributed by atoms with Gasteiger partial charge in [0.05, 0.1) is 0 Å². The highest BCUT2D eigenvalue weighted by atomic mass is 31.0. The van der Waals surface area contributed by atoms with Crippen molar-refractivity contribution in [3.63, 3.8) is 0 Å². The van der Waals surface area contributed by atoms with E-state index in [2.05, 4.69) is 89.8 Å². The molecule has 0 bridgehead atoms. The summed E-state index contributed by atoms with van der Waals surface area (Å²) in [6.07, 6.45) is 0. The van der Waals surface area contributed by atoms with E-state index in [0.717, 1.165) is 0 Å². The molecule has 1 unspecified atom stereocenters. The van der Waals surface area contributed by atoms with Gasteiger partial charge >= 0.3 is 0 Å². The number of hydrogen-bond donors (Lipinski definition) is 0. The Hall–Kier alpha value is -1.91. The lowest BCUT2D eigenvalue weighted by molar-refractivity contribution is 1.46. The lowest BCUT2D eigenvalue weighted by Crippen LogP contribution is -1.97. The van der Waals surface area contributed by atoms with Crippen LogP contribution in [0, 0.1) is 13.8 Å². The van der Waals surface area contributed by atoms with Crippen molar-refractivity contribution in [1.29, 1.82) is 0 Å². The Balaban J connectivity index is 2.12. The minimum atomic E-state index is 1.23. The summed E-state index contributed by atoms with van der Waals surface area (Å²) < 4.78 is 0. The molecule has 0 nitrogen and oxygen atoms in total. The Morgan fingerprint density at radius 2 is 1.19 bits per heavy atom. The van der Waals surface area contributed by atoms with E-state index in [4.69, 9.17) is 0 Å². The molecule has 21 heavy (non-hydrogen) atoms. The molecule has 0 radical (unpaired) electrons. The van der Waals surface area contributed by atoms with Gasteiger partial charge in [-0.2, -0.15) is 0 Å². The average molecular weight is 290 g/mol. The molecule has 3 rings (SSSR count). The van der Waals surface area contributed by atoms with E-state index in [1.807, 2.05) is 0 Å². The maximum Gasteiger partial charge on any atom is -0.0106 e. The van der Waals surface area contributed by atoms with Gasteiger partial charge in [0, 0.05) is 0 Å². The van der Waals surface area contributed by atoms with Gasteiger partial charge in [0.25, 0.3) is 0 Å². The molecule has 3 aromatic carbocycles. The monoisotopic (exact) mass is 290 g/mol. The smallest absolute Gasteiger partial charge is 0.0106 e. The highest BCUT2D eigenvalue weighted by Crippen LogP contribution is 2.27. The van der Waals surface area contributed by atoms with Gasteiger partial charge in [-0.25, -0.2) is 0 Å². The Bertz CT molecular complexity index is 787. The molecule has 0 aliphatic carbocycles. The zero-order chi connectivity index (χ0) is 14.8. The zero-order valence-electron chi connectivity index (χ0n) is 12.4. The van der Waals surface area contributed by atoms with Crippen LogP contribution in [0.5, 0.6) is 0 Å². The van der Waals surface area contributed by atoms with Gasteiger partial charge in [0.2, 0.25) is 0 Å². The predicted octanol–water partition coefficient (Wildman–Crippen LogP) is 5.14. The third kappa shape index (κ3) is 3.06. The topological polar surface area (TPSA) is 0 Å². The molecule has 1 atom stereocenters. The summed E-state index contributed by atoms with van der Waals surface area (Å²) in [5.41, 5.74) is 7.67. The molecule has 3 aromatic rings. The molecule has 0 spiro atoms. The lowest BCUT2D eigenvalue weighted by atomic mass is 9.97. The molecule has 0 aliphatic heterocycles. The standard InChI is InChI=1S/C20H19P/c1-14-5-3-7-16(11-14)17-9-10-20(21)19(13-17)18-8-4-6-15(2)12-18/h3-13H,21H2,1-2H3. The molecule has 104 valence electrons. The van der Waals surface area contributed by atoms with Crippen LogP contribution in [0.1, 0.15) is 11.1 Å². The Morgan fingerprint density at radius 3 is 1.86 bits per heavy atom. The lowest BCUT2D eigenvalue weighted by Gasteiger charge is -2.10. The summed E-state index contributed by atoms with van der Waals surface area (Å²) in [7, 11) is 2.85. The summed E-state index contributed by atoms with van der Waals surface area (Å²) in [5, 5.41) is 1.23. The van der Waals surface area contributed by atoms with Crippen molar-refractivity contribution in [1.82, 2.24) is 0 Å². The summed E-state index contributed by atoms with van der Waals surface area (Å²) in [4.78, 5) is 0. The molecule has 0 saturated heterocycles. The minimum absolute atomic E-state index is 1.23. The quantitative estimate of drug-likeness (QED) is 0.573. The van der Waals surface area contributed by atoms with E-state index in [1.165, 1.54) is 38.7 Å². The first kappa shape index (κ1) is 14.0. The first-order valence-electron chi connectivity index (χ1n) is 7.17. The van der Waals surface area contributed by atoms with Crippen molar-refractivity contribution < 1.29 is 0 Å². The van der Waals surface area contributed by atoms with Crippen LogP contribution in [0.3, 0.4) is 0 Å². The van der Waals surface area contributed by atoms with Crippen LogP contribution in [-0.2, 0) is 0 Å². The molecule has 0 saturated carbocycles. The molecule has 0 N–H and O–H groups in total. The van der Waals surface area contributed by atoms with Crippen LogP contribution in [0.4, 0.5) is 0 Å². The molecule has 0 fully saturated rings. The average Bonchev–Trinajstić information content (AvgIpc) is 2.47.